The second kappa shape index (κ2) is 13.5. The molecule has 0 fully saturated rings. The number of hydrogen-bond donors (Lipinski definition) is 9. The van der Waals surface area contributed by atoms with Gasteiger partial charge >= 0.3 is 17.9 Å². The number of aromatic hydroxyl groups is 1. The van der Waals surface area contributed by atoms with E-state index < -0.39 is 79.2 Å². The molecule has 15 nitrogen and oxygen atoms in total. The highest BCUT2D eigenvalue weighted by molar-refractivity contribution is 5.95. The summed E-state index contributed by atoms with van der Waals surface area (Å²) < 4.78 is 0. The first-order valence-corrected chi connectivity index (χ1v) is 10.1. The van der Waals surface area contributed by atoms with Crippen LogP contribution in [-0.4, -0.2) is 91.9 Å². The molecule has 1 aromatic carbocycles. The minimum atomic E-state index is -1.82. The predicted molar refractivity (Wildman–Crippen MR) is 115 cm³/mol. The normalized spacial score (nSPS) is 14.0. The molecule has 0 aliphatic rings. The molecule has 10 N–H and O–H groups in total. The third-order valence-electron chi connectivity index (χ3n) is 4.55. The molecule has 1 aromatic rings. The van der Waals surface area contributed by atoms with Gasteiger partial charge in [-0.15, -0.1) is 0 Å². The largest absolute Gasteiger partial charge is 0.508 e. The van der Waals surface area contributed by atoms with Gasteiger partial charge in [-0.25, -0.2) is 4.79 Å². The molecule has 0 radical (unpaired) electrons. The molecular formula is C20H26N4O11. The second-order valence-corrected chi connectivity index (χ2v) is 7.38. The summed E-state index contributed by atoms with van der Waals surface area (Å²) in [7, 11) is 0. The molecule has 3 amide bonds. The topological polar surface area (TPSA) is 266 Å². The number of phenols is 1. The van der Waals surface area contributed by atoms with Crippen LogP contribution in [-0.2, 0) is 35.2 Å². The van der Waals surface area contributed by atoms with Crippen LogP contribution in [0.25, 0.3) is 0 Å². The summed E-state index contributed by atoms with van der Waals surface area (Å²) >= 11 is 0. The van der Waals surface area contributed by atoms with E-state index in [-0.39, 0.29) is 12.2 Å². The fourth-order valence-corrected chi connectivity index (χ4v) is 2.75. The third kappa shape index (κ3) is 10.1. The Morgan fingerprint density at radius 3 is 1.71 bits per heavy atom. The number of hydrogen-bond acceptors (Lipinski definition) is 9. The minimum absolute atomic E-state index is 0.0908. The molecule has 0 saturated carbocycles. The van der Waals surface area contributed by atoms with Crippen LogP contribution in [0.15, 0.2) is 24.3 Å². The molecule has 1 rings (SSSR count). The molecular weight excluding hydrogens is 472 g/mol. The lowest BCUT2D eigenvalue weighted by Crippen LogP contribution is -2.58. The van der Waals surface area contributed by atoms with Crippen LogP contribution in [0.3, 0.4) is 0 Å². The van der Waals surface area contributed by atoms with Gasteiger partial charge in [0.05, 0.1) is 25.5 Å². The number of aliphatic carboxylic acids is 3. The monoisotopic (exact) mass is 498 g/mol. The summed E-state index contributed by atoms with van der Waals surface area (Å²) in [6, 6.07) is -1.10. The van der Waals surface area contributed by atoms with Gasteiger partial charge in [0, 0.05) is 6.42 Å². The molecule has 0 aromatic heterocycles. The van der Waals surface area contributed by atoms with Gasteiger partial charge in [0.2, 0.25) is 17.7 Å². The average molecular weight is 498 g/mol. The fraction of sp³-hybridized carbons (Fsp3) is 0.400. The Balaban J connectivity index is 3.06. The minimum Gasteiger partial charge on any atom is -0.508 e. The number of carboxylic acids is 3. The molecule has 192 valence electrons. The van der Waals surface area contributed by atoms with Crippen molar-refractivity contribution in [1.82, 2.24) is 16.0 Å². The molecule has 0 bridgehead atoms. The quantitative estimate of drug-likeness (QED) is 0.122. The molecule has 0 saturated heterocycles. The fourth-order valence-electron chi connectivity index (χ4n) is 2.75. The number of amides is 3. The van der Waals surface area contributed by atoms with Gasteiger partial charge in [-0.3, -0.25) is 24.0 Å². The molecule has 0 spiro atoms. The number of carbonyl (C=O) groups excluding carboxylic acids is 3. The van der Waals surface area contributed by atoms with Crippen molar-refractivity contribution in [2.24, 2.45) is 5.73 Å². The zero-order chi connectivity index (χ0) is 26.7. The number of aliphatic hydroxyl groups is 1. The average Bonchev–Trinajstić information content (AvgIpc) is 2.76. The molecule has 0 aliphatic carbocycles. The Labute approximate surface area is 197 Å². The number of aliphatic hydroxyl groups excluding tert-OH is 1. The maximum Gasteiger partial charge on any atom is 0.326 e. The smallest absolute Gasteiger partial charge is 0.326 e. The van der Waals surface area contributed by atoms with Crippen LogP contribution in [0.2, 0.25) is 0 Å². The zero-order valence-corrected chi connectivity index (χ0v) is 18.2. The Hall–Kier alpha value is -4.24. The standard InChI is InChI=1S/C20H26N4O11/c21-11(6-15(27)28)17(31)24-14(8-25)19(33)22-12(5-9-1-3-10(26)4-2-9)18(32)23-13(20(34)35)7-16(29)30/h1-4,11-14,25-26H,5-8,21H2,(H,22,33)(H,23,32)(H,24,31)(H,27,28)(H,29,30)(H,34,35). The van der Waals surface area contributed by atoms with Crippen molar-refractivity contribution >= 4 is 35.6 Å². The molecule has 0 heterocycles. The number of phenolic OH excluding ortho intramolecular Hbond substituents is 1. The van der Waals surface area contributed by atoms with E-state index in [1.807, 2.05) is 10.6 Å². The van der Waals surface area contributed by atoms with Crippen molar-refractivity contribution in [3.8, 4) is 5.75 Å². The SMILES string of the molecule is NC(CC(=O)O)C(=O)NC(CO)C(=O)NC(Cc1ccc(O)cc1)C(=O)NC(CC(=O)O)C(=O)O. The van der Waals surface area contributed by atoms with Crippen LogP contribution in [0.5, 0.6) is 5.75 Å². The van der Waals surface area contributed by atoms with Crippen molar-refractivity contribution in [3.05, 3.63) is 29.8 Å². The van der Waals surface area contributed by atoms with E-state index in [2.05, 4.69) is 5.32 Å². The Bertz CT molecular complexity index is 951. The maximum absolute atomic E-state index is 12.7. The van der Waals surface area contributed by atoms with Gasteiger partial charge < -0.3 is 47.2 Å². The van der Waals surface area contributed by atoms with Gasteiger partial charge in [-0.2, -0.15) is 0 Å². The lowest BCUT2D eigenvalue weighted by molar-refractivity contribution is -0.147. The van der Waals surface area contributed by atoms with E-state index in [1.165, 1.54) is 24.3 Å². The number of carboxylic acid groups (broad SMARTS) is 3. The van der Waals surface area contributed by atoms with E-state index >= 15 is 0 Å². The molecule has 0 aliphatic heterocycles. The van der Waals surface area contributed by atoms with Crippen LogP contribution < -0.4 is 21.7 Å². The van der Waals surface area contributed by atoms with Crippen molar-refractivity contribution in [1.29, 1.82) is 0 Å². The first kappa shape index (κ1) is 28.8. The summed E-state index contributed by atoms with van der Waals surface area (Å²) in [4.78, 5) is 70.3. The molecule has 35 heavy (non-hydrogen) atoms. The highest BCUT2D eigenvalue weighted by atomic mass is 16.4. The Morgan fingerprint density at radius 1 is 0.743 bits per heavy atom. The number of nitrogens with one attached hydrogen (secondary N) is 3. The molecule has 15 heteroatoms. The van der Waals surface area contributed by atoms with E-state index in [0.29, 0.717) is 5.56 Å². The van der Waals surface area contributed by atoms with Gasteiger partial charge in [0.15, 0.2) is 0 Å². The van der Waals surface area contributed by atoms with Crippen molar-refractivity contribution < 1.29 is 54.3 Å². The van der Waals surface area contributed by atoms with E-state index in [0.717, 1.165) is 0 Å². The highest BCUT2D eigenvalue weighted by Gasteiger charge is 2.31. The number of nitrogens with two attached hydrogens (primary N) is 1. The summed E-state index contributed by atoms with van der Waals surface area (Å²) in [5.41, 5.74) is 5.82. The summed E-state index contributed by atoms with van der Waals surface area (Å²) in [5, 5.41) is 51.9. The zero-order valence-electron chi connectivity index (χ0n) is 18.2. The van der Waals surface area contributed by atoms with Crippen LogP contribution in [0.1, 0.15) is 18.4 Å². The number of carbonyl (C=O) groups is 6. The summed E-state index contributed by atoms with van der Waals surface area (Å²) in [6.07, 6.45) is -1.95. The Kier molecular flexibility index (Phi) is 11.1. The highest BCUT2D eigenvalue weighted by Crippen LogP contribution is 2.12. The summed E-state index contributed by atoms with van der Waals surface area (Å²) in [6.45, 7) is -0.957. The summed E-state index contributed by atoms with van der Waals surface area (Å²) in [5.74, 6) is -7.84. The van der Waals surface area contributed by atoms with Crippen LogP contribution in [0.4, 0.5) is 0 Å². The van der Waals surface area contributed by atoms with Crippen LogP contribution >= 0.6 is 0 Å². The van der Waals surface area contributed by atoms with Gasteiger partial charge in [0.1, 0.15) is 23.9 Å². The van der Waals surface area contributed by atoms with Crippen molar-refractivity contribution in [3.63, 3.8) is 0 Å². The van der Waals surface area contributed by atoms with E-state index in [9.17, 15) is 39.0 Å². The van der Waals surface area contributed by atoms with Crippen molar-refractivity contribution in [2.45, 2.75) is 43.4 Å². The third-order valence-corrected chi connectivity index (χ3v) is 4.55. The van der Waals surface area contributed by atoms with E-state index in [4.69, 9.17) is 21.1 Å². The van der Waals surface area contributed by atoms with Gasteiger partial charge in [-0.1, -0.05) is 12.1 Å². The second-order valence-electron chi connectivity index (χ2n) is 7.38. The maximum atomic E-state index is 12.7. The van der Waals surface area contributed by atoms with Crippen LogP contribution in [0, 0.1) is 0 Å². The van der Waals surface area contributed by atoms with E-state index in [1.54, 1.807) is 0 Å². The van der Waals surface area contributed by atoms with Crippen molar-refractivity contribution in [2.75, 3.05) is 6.61 Å². The first-order valence-electron chi connectivity index (χ1n) is 10.1. The van der Waals surface area contributed by atoms with Gasteiger partial charge in [-0.05, 0) is 17.7 Å². The number of rotatable bonds is 14. The lowest BCUT2D eigenvalue weighted by Gasteiger charge is -2.24. The molecule has 4 atom stereocenters. The lowest BCUT2D eigenvalue weighted by atomic mass is 10.0. The first-order chi connectivity index (χ1) is 16.3. The predicted octanol–water partition coefficient (Wildman–Crippen LogP) is -3.26. The number of benzene rings is 1. The Morgan fingerprint density at radius 2 is 1.23 bits per heavy atom. The molecule has 4 unspecified atom stereocenters. The van der Waals surface area contributed by atoms with Gasteiger partial charge in [0.25, 0.3) is 0 Å².